The molecule has 1 fully saturated rings. The van der Waals surface area contributed by atoms with Crippen LogP contribution < -0.4 is 9.64 Å². The molecule has 3 heterocycles. The number of fused-ring (bicyclic) bond motifs is 1. The van der Waals surface area contributed by atoms with Crippen molar-refractivity contribution in [2.75, 3.05) is 12.0 Å². The monoisotopic (exact) mass is 529 g/mol. The molecule has 0 radical (unpaired) electrons. The number of methoxy groups -OCH3 is 1. The Morgan fingerprint density at radius 2 is 2.00 bits per heavy atom. The van der Waals surface area contributed by atoms with Gasteiger partial charge in [0.1, 0.15) is 17.3 Å². The van der Waals surface area contributed by atoms with E-state index in [1.54, 1.807) is 24.3 Å². The Kier molecular flexibility index (Phi) is 5.92. The lowest BCUT2D eigenvalue weighted by Crippen LogP contribution is -2.29. The fourth-order valence-corrected chi connectivity index (χ4v) is 5.24. The highest BCUT2D eigenvalue weighted by atomic mass is 35.5. The van der Waals surface area contributed by atoms with Crippen molar-refractivity contribution in [2.45, 2.75) is 6.04 Å². The van der Waals surface area contributed by atoms with Gasteiger partial charge in [0.15, 0.2) is 5.13 Å². The third-order valence-corrected chi connectivity index (χ3v) is 7.03. The molecule has 1 aliphatic rings. The number of carbonyl (C=O) groups is 2. The first kappa shape index (κ1) is 23.2. The van der Waals surface area contributed by atoms with Crippen molar-refractivity contribution in [1.82, 2.24) is 9.97 Å². The summed E-state index contributed by atoms with van der Waals surface area (Å²) in [6, 6.07) is 9.35. The summed E-state index contributed by atoms with van der Waals surface area (Å²) in [6.07, 6.45) is 3.02. The molecular weight excluding hydrogens is 516 g/mol. The van der Waals surface area contributed by atoms with E-state index < -0.39 is 29.3 Å². The van der Waals surface area contributed by atoms with E-state index in [2.05, 4.69) is 9.97 Å². The number of aliphatic hydroxyl groups excluding tert-OH is 1. The average Bonchev–Trinajstić information content (AvgIpc) is 3.37. The lowest BCUT2D eigenvalue weighted by molar-refractivity contribution is -0.132. The standard InChI is InChI=1S/C24H14Cl2FN3O4S/c1-34-17-5-4-12(25)7-13(17)21(31)19-20(11-3-2-6-28-10-11)30(23(33)22(19)32)24-29-16-8-14(26)15(27)9-18(16)35-24/h2-10,20,31H,1H3/b21-19+. The van der Waals surface area contributed by atoms with E-state index in [9.17, 15) is 19.1 Å². The third-order valence-electron chi connectivity index (χ3n) is 5.49. The van der Waals surface area contributed by atoms with Crippen molar-refractivity contribution >= 4 is 67.3 Å². The van der Waals surface area contributed by atoms with Gasteiger partial charge in [0.2, 0.25) is 0 Å². The maximum atomic E-state index is 14.0. The maximum Gasteiger partial charge on any atom is 0.301 e. The first-order valence-corrected chi connectivity index (χ1v) is 11.7. The number of hydrogen-bond donors (Lipinski definition) is 1. The average molecular weight is 530 g/mol. The lowest BCUT2D eigenvalue weighted by Gasteiger charge is -2.22. The molecule has 0 spiro atoms. The molecule has 1 amide bonds. The van der Waals surface area contributed by atoms with E-state index in [0.29, 0.717) is 20.8 Å². The molecule has 7 nitrogen and oxygen atoms in total. The molecule has 1 N–H and O–H groups in total. The number of nitrogens with zero attached hydrogens (tertiary/aromatic N) is 3. The lowest BCUT2D eigenvalue weighted by atomic mass is 9.96. The number of anilines is 1. The third kappa shape index (κ3) is 3.91. The Labute approximate surface area is 212 Å². The van der Waals surface area contributed by atoms with Crippen LogP contribution in [0, 0.1) is 5.82 Å². The topological polar surface area (TPSA) is 92.6 Å². The molecule has 5 rings (SSSR count). The number of carbonyl (C=O) groups excluding carboxylic acids is 2. The van der Waals surface area contributed by atoms with Crippen LogP contribution in [0.5, 0.6) is 5.75 Å². The summed E-state index contributed by atoms with van der Waals surface area (Å²) in [6.45, 7) is 0. The van der Waals surface area contributed by atoms with Crippen LogP contribution in [-0.4, -0.2) is 33.9 Å². The van der Waals surface area contributed by atoms with Gasteiger partial charge in [0.25, 0.3) is 5.78 Å². The van der Waals surface area contributed by atoms with Gasteiger partial charge in [-0.05, 0) is 42.0 Å². The van der Waals surface area contributed by atoms with E-state index in [1.165, 1.54) is 42.6 Å². The molecule has 0 bridgehead atoms. The van der Waals surface area contributed by atoms with Crippen LogP contribution in [0.1, 0.15) is 17.2 Å². The van der Waals surface area contributed by atoms with Crippen LogP contribution >= 0.6 is 34.5 Å². The molecule has 4 aromatic rings. The summed E-state index contributed by atoms with van der Waals surface area (Å²) in [5, 5.41) is 11.6. The second-order valence-corrected chi connectivity index (χ2v) is 9.38. The molecule has 2 aromatic carbocycles. The zero-order valence-electron chi connectivity index (χ0n) is 17.8. The fraction of sp³-hybridized carbons (Fsp3) is 0.0833. The molecule has 176 valence electrons. The fourth-order valence-electron chi connectivity index (χ4n) is 3.91. The predicted molar refractivity (Wildman–Crippen MR) is 132 cm³/mol. The number of aromatic nitrogens is 2. The van der Waals surface area contributed by atoms with Gasteiger partial charge in [-0.1, -0.05) is 40.6 Å². The van der Waals surface area contributed by atoms with Gasteiger partial charge in [-0.2, -0.15) is 0 Å². The summed E-state index contributed by atoms with van der Waals surface area (Å²) in [4.78, 5) is 36.3. The number of benzene rings is 2. The van der Waals surface area contributed by atoms with Crippen molar-refractivity contribution in [2.24, 2.45) is 0 Å². The molecule has 11 heteroatoms. The van der Waals surface area contributed by atoms with Crippen LogP contribution in [0.3, 0.4) is 0 Å². The normalized spacial score (nSPS) is 17.4. The van der Waals surface area contributed by atoms with Gasteiger partial charge in [0, 0.05) is 17.4 Å². The minimum absolute atomic E-state index is 0.117. The molecule has 35 heavy (non-hydrogen) atoms. The zero-order chi connectivity index (χ0) is 24.9. The molecule has 1 unspecified atom stereocenters. The molecule has 1 atom stereocenters. The number of amides is 1. The highest BCUT2D eigenvalue weighted by molar-refractivity contribution is 7.22. The summed E-state index contributed by atoms with van der Waals surface area (Å²) >= 11 is 13.0. The van der Waals surface area contributed by atoms with Crippen LogP contribution in [0.2, 0.25) is 10.0 Å². The van der Waals surface area contributed by atoms with Crippen molar-refractivity contribution < 1.29 is 23.8 Å². The van der Waals surface area contributed by atoms with Crippen LogP contribution in [-0.2, 0) is 9.59 Å². The van der Waals surface area contributed by atoms with Gasteiger partial charge < -0.3 is 9.84 Å². The Bertz CT molecular complexity index is 1500. The molecule has 1 aliphatic heterocycles. The minimum atomic E-state index is -1.06. The minimum Gasteiger partial charge on any atom is -0.507 e. The van der Waals surface area contributed by atoms with Crippen molar-refractivity contribution in [1.29, 1.82) is 0 Å². The van der Waals surface area contributed by atoms with Gasteiger partial charge in [0.05, 0.1) is 39.5 Å². The number of pyridine rings is 1. The number of Topliss-reactive ketones (excluding diaryl/α,β-unsaturated/α-hetero) is 1. The number of thiazole rings is 1. The Hall–Kier alpha value is -3.53. The van der Waals surface area contributed by atoms with Gasteiger partial charge >= 0.3 is 5.91 Å². The van der Waals surface area contributed by atoms with Gasteiger partial charge in [-0.15, -0.1) is 0 Å². The Balaban J connectivity index is 1.75. The zero-order valence-corrected chi connectivity index (χ0v) is 20.2. The number of halogens is 3. The number of ketones is 1. The van der Waals surface area contributed by atoms with Crippen LogP contribution in [0.15, 0.2) is 60.4 Å². The molecule has 1 saturated heterocycles. The smallest absolute Gasteiger partial charge is 0.301 e. The summed E-state index contributed by atoms with van der Waals surface area (Å²) < 4.78 is 19.8. The number of rotatable bonds is 4. The number of hydrogen-bond acceptors (Lipinski definition) is 7. The van der Waals surface area contributed by atoms with E-state index in [4.69, 9.17) is 27.9 Å². The summed E-state index contributed by atoms with van der Waals surface area (Å²) in [5.74, 6) is -2.68. The van der Waals surface area contributed by atoms with Gasteiger partial charge in [-0.3, -0.25) is 19.5 Å². The van der Waals surface area contributed by atoms with E-state index >= 15 is 0 Å². The van der Waals surface area contributed by atoms with E-state index in [0.717, 1.165) is 11.3 Å². The van der Waals surface area contributed by atoms with E-state index in [-0.39, 0.29) is 27.0 Å². The highest BCUT2D eigenvalue weighted by Gasteiger charge is 2.48. The maximum absolute atomic E-state index is 14.0. The quantitative estimate of drug-likeness (QED) is 0.205. The van der Waals surface area contributed by atoms with Crippen LogP contribution in [0.25, 0.3) is 16.0 Å². The summed E-state index contributed by atoms with van der Waals surface area (Å²) in [5.41, 5.74) is 0.773. The summed E-state index contributed by atoms with van der Waals surface area (Å²) in [7, 11) is 1.41. The van der Waals surface area contributed by atoms with Gasteiger partial charge in [-0.25, -0.2) is 9.37 Å². The van der Waals surface area contributed by atoms with E-state index in [1.807, 2.05) is 0 Å². The van der Waals surface area contributed by atoms with Crippen molar-refractivity contribution in [3.05, 3.63) is 87.4 Å². The van der Waals surface area contributed by atoms with Crippen molar-refractivity contribution in [3.8, 4) is 5.75 Å². The Morgan fingerprint density at radius 3 is 2.71 bits per heavy atom. The SMILES string of the molecule is COc1ccc(Cl)cc1/C(O)=C1\C(=O)C(=O)N(c2nc3cc(Cl)c(F)cc3s2)C1c1cccnc1. The second kappa shape index (κ2) is 8.92. The first-order valence-electron chi connectivity index (χ1n) is 10.1. The van der Waals surface area contributed by atoms with Crippen LogP contribution in [0.4, 0.5) is 9.52 Å². The Morgan fingerprint density at radius 1 is 1.20 bits per heavy atom. The molecular formula is C24H14Cl2FN3O4S. The number of ether oxygens (including phenoxy) is 1. The molecule has 2 aromatic heterocycles. The first-order chi connectivity index (χ1) is 16.8. The largest absolute Gasteiger partial charge is 0.507 e. The highest BCUT2D eigenvalue weighted by Crippen LogP contribution is 2.45. The van der Waals surface area contributed by atoms with Crippen molar-refractivity contribution in [3.63, 3.8) is 0 Å². The molecule has 0 aliphatic carbocycles. The predicted octanol–water partition coefficient (Wildman–Crippen LogP) is 5.77. The molecule has 0 saturated carbocycles. The number of aliphatic hydroxyl groups is 1. The second-order valence-electron chi connectivity index (χ2n) is 7.53.